The van der Waals surface area contributed by atoms with Crippen molar-refractivity contribution in [3.05, 3.63) is 18.2 Å². The topological polar surface area (TPSA) is 111 Å². The number of rotatable bonds is 5. The van der Waals surface area contributed by atoms with Crippen molar-refractivity contribution in [2.75, 3.05) is 38.7 Å². The molecule has 9 heteroatoms. The van der Waals surface area contributed by atoms with E-state index in [0.717, 1.165) is 12.8 Å². The van der Waals surface area contributed by atoms with E-state index in [1.54, 1.807) is 12.1 Å². The molecular weight excluding hydrogens is 358 g/mol. The number of nitrogens with zero attached hydrogens (tertiary/aromatic N) is 1. The Labute approximate surface area is 153 Å². The number of anilines is 1. The van der Waals surface area contributed by atoms with E-state index in [1.807, 2.05) is 0 Å². The number of sulfonamides is 1. The number of carbonyl (C=O) groups is 1. The lowest BCUT2D eigenvalue weighted by molar-refractivity contribution is -0.121. The van der Waals surface area contributed by atoms with Gasteiger partial charge >= 0.3 is 0 Å². The Bertz CT molecular complexity index is 769. The number of carbonyl (C=O) groups excluding carboxylic acids is 1. The molecule has 1 saturated heterocycles. The van der Waals surface area contributed by atoms with Gasteiger partial charge in [-0.25, -0.2) is 8.42 Å². The summed E-state index contributed by atoms with van der Waals surface area (Å²) >= 11 is 0. The zero-order valence-electron chi connectivity index (χ0n) is 14.9. The third kappa shape index (κ3) is 3.71. The van der Waals surface area contributed by atoms with Crippen molar-refractivity contribution in [1.29, 1.82) is 0 Å². The van der Waals surface area contributed by atoms with Crippen LogP contribution in [0.25, 0.3) is 0 Å². The molecule has 0 unspecified atom stereocenters. The number of hydrogen-bond donors (Lipinski definition) is 2. The molecule has 3 rings (SSSR count). The molecule has 2 fully saturated rings. The average Bonchev–Trinajstić information content (AvgIpc) is 3.10. The average molecular weight is 383 g/mol. The molecule has 1 aliphatic carbocycles. The van der Waals surface area contributed by atoms with E-state index in [1.165, 1.54) is 17.5 Å². The highest BCUT2D eigenvalue weighted by molar-refractivity contribution is 7.89. The molecule has 8 nitrogen and oxygen atoms in total. The summed E-state index contributed by atoms with van der Waals surface area (Å²) in [6, 6.07) is 4.59. The third-order valence-electron chi connectivity index (χ3n) is 4.96. The number of methoxy groups -OCH3 is 1. The predicted octanol–water partition coefficient (Wildman–Crippen LogP) is 0.926. The number of benzene rings is 1. The second-order valence-electron chi connectivity index (χ2n) is 6.70. The second kappa shape index (κ2) is 7.51. The van der Waals surface area contributed by atoms with Crippen LogP contribution in [-0.2, 0) is 19.6 Å². The molecular formula is C17H25N3O5S. The summed E-state index contributed by atoms with van der Waals surface area (Å²) in [5, 5.41) is 2.76. The van der Waals surface area contributed by atoms with Crippen LogP contribution < -0.4 is 15.8 Å². The Kier molecular flexibility index (Phi) is 5.52. The minimum absolute atomic E-state index is 0.0252. The van der Waals surface area contributed by atoms with Crippen LogP contribution in [0, 0.1) is 0 Å². The maximum atomic E-state index is 13.0. The van der Waals surface area contributed by atoms with Gasteiger partial charge in [0.1, 0.15) is 10.6 Å². The second-order valence-corrected chi connectivity index (χ2v) is 8.61. The van der Waals surface area contributed by atoms with Crippen LogP contribution in [-0.4, -0.2) is 57.6 Å². The summed E-state index contributed by atoms with van der Waals surface area (Å²) in [7, 11) is -2.34. The van der Waals surface area contributed by atoms with E-state index in [-0.39, 0.29) is 29.6 Å². The van der Waals surface area contributed by atoms with Gasteiger partial charge in [-0.1, -0.05) is 12.8 Å². The van der Waals surface area contributed by atoms with Crippen molar-refractivity contribution in [2.45, 2.75) is 36.1 Å². The molecule has 26 heavy (non-hydrogen) atoms. The smallest absolute Gasteiger partial charge is 0.246 e. The Balaban J connectivity index is 1.88. The first-order valence-corrected chi connectivity index (χ1v) is 10.2. The van der Waals surface area contributed by atoms with E-state index in [9.17, 15) is 13.2 Å². The highest BCUT2D eigenvalue weighted by Crippen LogP contribution is 2.32. The standard InChI is InChI=1S/C17H25N3O5S/c1-24-14-5-4-13(19-16(21)17(18)6-2-3-7-17)12-15(14)26(22,23)20-8-10-25-11-9-20/h4-5,12H,2-3,6-11,18H2,1H3,(H,19,21). The minimum Gasteiger partial charge on any atom is -0.495 e. The fraction of sp³-hybridized carbons (Fsp3) is 0.588. The fourth-order valence-corrected chi connectivity index (χ4v) is 4.96. The lowest BCUT2D eigenvalue weighted by Gasteiger charge is -2.27. The monoisotopic (exact) mass is 383 g/mol. The molecule has 0 radical (unpaired) electrons. The van der Waals surface area contributed by atoms with Crippen LogP contribution in [0.5, 0.6) is 5.75 Å². The molecule has 1 aromatic rings. The Hall–Kier alpha value is -1.68. The van der Waals surface area contributed by atoms with Crippen molar-refractivity contribution >= 4 is 21.6 Å². The van der Waals surface area contributed by atoms with Gasteiger partial charge in [0.2, 0.25) is 15.9 Å². The van der Waals surface area contributed by atoms with E-state index >= 15 is 0 Å². The first-order valence-electron chi connectivity index (χ1n) is 8.73. The molecule has 0 aromatic heterocycles. The van der Waals surface area contributed by atoms with Crippen LogP contribution in [0.1, 0.15) is 25.7 Å². The number of amides is 1. The highest BCUT2D eigenvalue weighted by atomic mass is 32.2. The quantitative estimate of drug-likeness (QED) is 0.782. The van der Waals surface area contributed by atoms with Gasteiger partial charge in [0.05, 0.1) is 25.9 Å². The third-order valence-corrected chi connectivity index (χ3v) is 6.88. The first-order chi connectivity index (χ1) is 12.4. The highest BCUT2D eigenvalue weighted by Gasteiger charge is 2.37. The normalized spacial score (nSPS) is 20.7. The minimum atomic E-state index is -3.75. The zero-order valence-corrected chi connectivity index (χ0v) is 15.7. The Morgan fingerprint density at radius 2 is 1.92 bits per heavy atom. The summed E-state index contributed by atoms with van der Waals surface area (Å²) in [5.41, 5.74) is 5.67. The van der Waals surface area contributed by atoms with Gasteiger partial charge in [-0.2, -0.15) is 4.31 Å². The Morgan fingerprint density at radius 1 is 1.27 bits per heavy atom. The molecule has 144 valence electrons. The molecule has 1 amide bonds. The van der Waals surface area contributed by atoms with E-state index in [4.69, 9.17) is 15.2 Å². The van der Waals surface area contributed by atoms with Crippen molar-refractivity contribution in [2.24, 2.45) is 5.73 Å². The number of hydrogen-bond acceptors (Lipinski definition) is 6. The van der Waals surface area contributed by atoms with Crippen LogP contribution in [0.3, 0.4) is 0 Å². The SMILES string of the molecule is COc1ccc(NC(=O)C2(N)CCCC2)cc1S(=O)(=O)N1CCOCC1. The van der Waals surface area contributed by atoms with Gasteiger partial charge < -0.3 is 20.5 Å². The van der Waals surface area contributed by atoms with Crippen LogP contribution >= 0.6 is 0 Å². The zero-order chi connectivity index (χ0) is 18.8. The number of nitrogens with two attached hydrogens (primary N) is 1. The fourth-order valence-electron chi connectivity index (χ4n) is 3.37. The van der Waals surface area contributed by atoms with E-state index in [0.29, 0.717) is 31.7 Å². The van der Waals surface area contributed by atoms with Gasteiger partial charge in [-0.15, -0.1) is 0 Å². The largest absolute Gasteiger partial charge is 0.495 e. The van der Waals surface area contributed by atoms with Gasteiger partial charge in [-0.3, -0.25) is 4.79 Å². The molecule has 1 aromatic carbocycles. The van der Waals surface area contributed by atoms with Crippen molar-refractivity contribution in [3.63, 3.8) is 0 Å². The molecule has 0 spiro atoms. The lowest BCUT2D eigenvalue weighted by atomic mass is 9.98. The van der Waals surface area contributed by atoms with Crippen molar-refractivity contribution in [3.8, 4) is 5.75 Å². The molecule has 0 bridgehead atoms. The van der Waals surface area contributed by atoms with Gasteiger partial charge in [-0.05, 0) is 31.0 Å². The summed E-state index contributed by atoms with van der Waals surface area (Å²) in [5.74, 6) is -0.0484. The van der Waals surface area contributed by atoms with Crippen LogP contribution in [0.2, 0.25) is 0 Å². The molecule has 1 heterocycles. The molecule has 2 aliphatic rings. The summed E-state index contributed by atoms with van der Waals surface area (Å²) < 4.78 is 37.8. The number of morpholine rings is 1. The molecule has 3 N–H and O–H groups in total. The summed E-state index contributed by atoms with van der Waals surface area (Å²) in [4.78, 5) is 12.5. The maximum Gasteiger partial charge on any atom is 0.246 e. The van der Waals surface area contributed by atoms with Crippen molar-refractivity contribution in [1.82, 2.24) is 4.31 Å². The first kappa shape index (κ1) is 19.1. The van der Waals surface area contributed by atoms with Crippen LogP contribution in [0.4, 0.5) is 5.69 Å². The van der Waals surface area contributed by atoms with Gasteiger partial charge in [0, 0.05) is 18.8 Å². The number of nitrogens with one attached hydrogen (secondary N) is 1. The molecule has 0 atom stereocenters. The van der Waals surface area contributed by atoms with Crippen LogP contribution in [0.15, 0.2) is 23.1 Å². The molecule has 1 aliphatic heterocycles. The van der Waals surface area contributed by atoms with Gasteiger partial charge in [0.25, 0.3) is 0 Å². The lowest BCUT2D eigenvalue weighted by Crippen LogP contribution is -2.48. The molecule has 1 saturated carbocycles. The number of ether oxygens (including phenoxy) is 2. The predicted molar refractivity (Wildman–Crippen MR) is 96.6 cm³/mol. The van der Waals surface area contributed by atoms with E-state index in [2.05, 4.69) is 5.32 Å². The Morgan fingerprint density at radius 3 is 2.54 bits per heavy atom. The van der Waals surface area contributed by atoms with Gasteiger partial charge in [0.15, 0.2) is 0 Å². The summed E-state index contributed by atoms with van der Waals surface area (Å²) in [6.07, 6.45) is 3.11. The summed E-state index contributed by atoms with van der Waals surface area (Å²) in [6.45, 7) is 1.28. The maximum absolute atomic E-state index is 13.0. The van der Waals surface area contributed by atoms with Crippen molar-refractivity contribution < 1.29 is 22.7 Å². The van der Waals surface area contributed by atoms with E-state index < -0.39 is 15.6 Å².